The number of sulfonamides is 1. The molecule has 1 aromatic carbocycles. The summed E-state index contributed by atoms with van der Waals surface area (Å²) in [6.45, 7) is 6.95. The third kappa shape index (κ3) is 11.2. The monoisotopic (exact) mass is 526 g/mol. The van der Waals surface area contributed by atoms with Crippen LogP contribution in [0.1, 0.15) is 25.8 Å². The maximum Gasteiger partial charge on any atom is 0.213 e. The molecule has 1 aromatic rings. The first kappa shape index (κ1) is 27.1. The zero-order chi connectivity index (χ0) is 20.1. The van der Waals surface area contributed by atoms with Crippen molar-refractivity contribution in [2.75, 3.05) is 46.1 Å². The first-order valence-corrected chi connectivity index (χ1v) is 11.0. The van der Waals surface area contributed by atoms with Crippen LogP contribution in [0.3, 0.4) is 0 Å². The second-order valence-electron chi connectivity index (χ2n) is 6.56. The van der Waals surface area contributed by atoms with Crippen LogP contribution < -0.4 is 10.6 Å². The van der Waals surface area contributed by atoms with Gasteiger partial charge in [-0.2, -0.15) is 0 Å². The molecule has 0 aliphatic rings. The van der Waals surface area contributed by atoms with E-state index in [4.69, 9.17) is 4.74 Å². The Hall–Kier alpha value is -0.910. The van der Waals surface area contributed by atoms with Crippen molar-refractivity contribution in [3.05, 3.63) is 35.9 Å². The van der Waals surface area contributed by atoms with Crippen LogP contribution in [0.25, 0.3) is 0 Å². The first-order valence-electron chi connectivity index (χ1n) is 9.39. The lowest BCUT2D eigenvalue weighted by Crippen LogP contribution is -2.41. The summed E-state index contributed by atoms with van der Waals surface area (Å²) in [5, 5.41) is 6.48. The van der Waals surface area contributed by atoms with E-state index >= 15 is 0 Å². The van der Waals surface area contributed by atoms with E-state index in [0.717, 1.165) is 6.54 Å². The molecule has 7 nitrogen and oxygen atoms in total. The molecule has 0 spiro atoms. The Morgan fingerprint density at radius 1 is 1.25 bits per heavy atom. The molecule has 2 N–H and O–H groups in total. The minimum Gasteiger partial charge on any atom is -0.376 e. The molecule has 0 amide bonds. The predicted molar refractivity (Wildman–Crippen MR) is 127 cm³/mol. The molecule has 9 heteroatoms. The van der Waals surface area contributed by atoms with Gasteiger partial charge in [0.2, 0.25) is 10.0 Å². The molecule has 0 saturated carbocycles. The summed E-state index contributed by atoms with van der Waals surface area (Å²) in [6.07, 6.45) is 0.714. The number of halogens is 1. The van der Waals surface area contributed by atoms with Crippen molar-refractivity contribution in [1.82, 2.24) is 14.9 Å². The summed E-state index contributed by atoms with van der Waals surface area (Å²) >= 11 is 0. The van der Waals surface area contributed by atoms with Crippen molar-refractivity contribution in [3.8, 4) is 0 Å². The van der Waals surface area contributed by atoms with Crippen LogP contribution in [0.15, 0.2) is 35.3 Å². The zero-order valence-corrected chi connectivity index (χ0v) is 20.5. The molecule has 28 heavy (non-hydrogen) atoms. The minimum atomic E-state index is -3.11. The van der Waals surface area contributed by atoms with E-state index in [1.165, 1.54) is 9.87 Å². The van der Waals surface area contributed by atoms with Gasteiger partial charge in [0.15, 0.2) is 5.96 Å². The van der Waals surface area contributed by atoms with Crippen LogP contribution in [0, 0.1) is 5.92 Å². The van der Waals surface area contributed by atoms with Crippen LogP contribution in [-0.2, 0) is 21.4 Å². The molecule has 0 radical (unpaired) electrons. The normalized spacial score (nSPS) is 13.1. The van der Waals surface area contributed by atoms with E-state index in [-0.39, 0.29) is 29.7 Å². The molecular weight excluding hydrogens is 491 g/mol. The number of guanidine groups is 1. The molecule has 162 valence electrons. The summed E-state index contributed by atoms with van der Waals surface area (Å²) in [5.74, 6) is 1.18. The van der Waals surface area contributed by atoms with Crippen LogP contribution in [0.2, 0.25) is 0 Å². The molecule has 0 fully saturated rings. The second-order valence-corrected chi connectivity index (χ2v) is 8.93. The van der Waals surface area contributed by atoms with Gasteiger partial charge in [0.25, 0.3) is 0 Å². The van der Waals surface area contributed by atoms with Crippen molar-refractivity contribution in [1.29, 1.82) is 0 Å². The van der Waals surface area contributed by atoms with Gasteiger partial charge in [-0.25, -0.2) is 12.7 Å². The van der Waals surface area contributed by atoms with E-state index in [1.54, 1.807) is 21.0 Å². The highest BCUT2D eigenvalue weighted by Gasteiger charge is 2.14. The van der Waals surface area contributed by atoms with Gasteiger partial charge in [-0.1, -0.05) is 37.3 Å². The summed E-state index contributed by atoms with van der Waals surface area (Å²) in [6, 6.07) is 10.1. The average Bonchev–Trinajstić information content (AvgIpc) is 2.68. The van der Waals surface area contributed by atoms with Gasteiger partial charge in [-0.05, 0) is 24.8 Å². The fraction of sp³-hybridized carbons (Fsp3) is 0.632. The van der Waals surface area contributed by atoms with Gasteiger partial charge in [-0.15, -0.1) is 24.0 Å². The molecule has 0 heterocycles. The Morgan fingerprint density at radius 2 is 1.93 bits per heavy atom. The fourth-order valence-electron chi connectivity index (χ4n) is 2.37. The highest BCUT2D eigenvalue weighted by molar-refractivity contribution is 14.0. The maximum absolute atomic E-state index is 11.7. The van der Waals surface area contributed by atoms with Crippen molar-refractivity contribution in [2.24, 2.45) is 10.9 Å². The molecule has 0 aliphatic carbocycles. The van der Waals surface area contributed by atoms with Crippen LogP contribution in [-0.4, -0.2) is 64.8 Å². The predicted octanol–water partition coefficient (Wildman–Crippen LogP) is 2.29. The maximum atomic E-state index is 11.7. The van der Waals surface area contributed by atoms with E-state index in [9.17, 15) is 8.42 Å². The minimum absolute atomic E-state index is 0. The Bertz CT molecular complexity index is 656. The van der Waals surface area contributed by atoms with E-state index in [1.807, 2.05) is 18.2 Å². The second kappa shape index (κ2) is 15.0. The molecule has 1 unspecified atom stereocenters. The Balaban J connectivity index is 0.00000729. The topological polar surface area (TPSA) is 83.0 Å². The molecule has 0 saturated heterocycles. The highest BCUT2D eigenvalue weighted by atomic mass is 127. The van der Waals surface area contributed by atoms with E-state index in [2.05, 4.69) is 34.7 Å². The molecule has 0 bridgehead atoms. The molecular formula is C19H35IN4O3S. The lowest BCUT2D eigenvalue weighted by molar-refractivity contribution is 0.0931. The van der Waals surface area contributed by atoms with E-state index < -0.39 is 10.0 Å². The number of benzene rings is 1. The molecule has 0 aliphatic heterocycles. The molecule has 1 rings (SSSR count). The van der Waals surface area contributed by atoms with Crippen molar-refractivity contribution in [2.45, 2.75) is 26.9 Å². The number of hydrogen-bond acceptors (Lipinski definition) is 4. The zero-order valence-electron chi connectivity index (χ0n) is 17.3. The van der Waals surface area contributed by atoms with Crippen molar-refractivity contribution in [3.63, 3.8) is 0 Å². The van der Waals surface area contributed by atoms with Gasteiger partial charge in [0.05, 0.1) is 19.0 Å². The quantitative estimate of drug-likeness (QED) is 0.189. The standard InChI is InChI=1S/C19H34N4O3S.HI/c1-5-27(24,25)23(4)13-9-12-21-19(20-3)22-14-17(2)15-26-16-18-10-7-6-8-11-18;/h6-8,10-11,17H,5,9,12-16H2,1-4H3,(H2,20,21,22);1H. The number of ether oxygens (including phenoxy) is 1. The Labute approximate surface area is 187 Å². The Kier molecular flexibility index (Phi) is 14.5. The lowest BCUT2D eigenvalue weighted by Gasteiger charge is -2.18. The third-order valence-electron chi connectivity index (χ3n) is 4.14. The number of aliphatic imine (C=N–C) groups is 1. The molecule has 1 atom stereocenters. The van der Waals surface area contributed by atoms with Gasteiger partial charge in [0, 0.05) is 33.7 Å². The third-order valence-corrected chi connectivity index (χ3v) is 6.00. The van der Waals surface area contributed by atoms with Gasteiger partial charge >= 0.3 is 0 Å². The summed E-state index contributed by atoms with van der Waals surface area (Å²) in [7, 11) is 0.227. The average molecular weight is 526 g/mol. The first-order chi connectivity index (χ1) is 12.9. The SMILES string of the molecule is CCS(=O)(=O)N(C)CCCNC(=NC)NCC(C)COCc1ccccc1.I. The van der Waals surface area contributed by atoms with Gasteiger partial charge in [-0.3, -0.25) is 4.99 Å². The smallest absolute Gasteiger partial charge is 0.213 e. The van der Waals surface area contributed by atoms with Crippen LogP contribution in [0.4, 0.5) is 0 Å². The summed E-state index contributed by atoms with van der Waals surface area (Å²) in [5.41, 5.74) is 1.17. The van der Waals surface area contributed by atoms with Crippen LogP contribution >= 0.6 is 24.0 Å². The number of nitrogens with zero attached hydrogens (tertiary/aromatic N) is 2. The molecule has 0 aromatic heterocycles. The van der Waals surface area contributed by atoms with Crippen molar-refractivity contribution >= 4 is 40.0 Å². The van der Waals surface area contributed by atoms with E-state index in [0.29, 0.717) is 44.6 Å². The largest absolute Gasteiger partial charge is 0.376 e. The number of nitrogens with one attached hydrogen (secondary N) is 2. The van der Waals surface area contributed by atoms with Gasteiger partial charge in [0.1, 0.15) is 0 Å². The summed E-state index contributed by atoms with van der Waals surface area (Å²) in [4.78, 5) is 4.19. The number of rotatable bonds is 12. The fourth-order valence-corrected chi connectivity index (χ4v) is 3.22. The Morgan fingerprint density at radius 3 is 2.54 bits per heavy atom. The highest BCUT2D eigenvalue weighted by Crippen LogP contribution is 2.03. The van der Waals surface area contributed by atoms with Gasteiger partial charge < -0.3 is 15.4 Å². The number of hydrogen-bond donors (Lipinski definition) is 2. The van der Waals surface area contributed by atoms with Crippen LogP contribution in [0.5, 0.6) is 0 Å². The summed E-state index contributed by atoms with van der Waals surface area (Å²) < 4.78 is 30.5. The lowest BCUT2D eigenvalue weighted by atomic mass is 10.2. The van der Waals surface area contributed by atoms with Crippen molar-refractivity contribution < 1.29 is 13.2 Å².